The lowest BCUT2D eigenvalue weighted by atomic mass is 10.1. The van der Waals surface area contributed by atoms with Crippen LogP contribution in [-0.4, -0.2) is 36.7 Å². The van der Waals surface area contributed by atoms with Crippen molar-refractivity contribution in [1.82, 2.24) is 24.2 Å². The van der Waals surface area contributed by atoms with Gasteiger partial charge in [0.2, 0.25) is 5.91 Å². The van der Waals surface area contributed by atoms with Gasteiger partial charge in [-0.2, -0.15) is 5.10 Å². The lowest BCUT2D eigenvalue weighted by Crippen LogP contribution is -2.36. The van der Waals surface area contributed by atoms with Gasteiger partial charge in [-0.25, -0.2) is 4.98 Å². The van der Waals surface area contributed by atoms with Crippen molar-refractivity contribution in [2.24, 2.45) is 7.05 Å². The summed E-state index contributed by atoms with van der Waals surface area (Å²) in [6.07, 6.45) is 6.90. The molecule has 0 unspecified atom stereocenters. The molecular formula is C21H25N5O. The molecule has 3 heterocycles. The quantitative estimate of drug-likeness (QED) is 0.676. The second kappa shape index (κ2) is 7.78. The average Bonchev–Trinajstić information content (AvgIpc) is 3.30. The van der Waals surface area contributed by atoms with Crippen molar-refractivity contribution < 1.29 is 4.79 Å². The number of benzene rings is 1. The van der Waals surface area contributed by atoms with Gasteiger partial charge >= 0.3 is 0 Å². The summed E-state index contributed by atoms with van der Waals surface area (Å²) in [7, 11) is 1.89. The van der Waals surface area contributed by atoms with E-state index in [0.717, 1.165) is 37.3 Å². The summed E-state index contributed by atoms with van der Waals surface area (Å²) in [5.74, 6) is 0.185. The van der Waals surface area contributed by atoms with E-state index in [0.29, 0.717) is 19.4 Å². The summed E-state index contributed by atoms with van der Waals surface area (Å²) in [5, 5.41) is 4.34. The fraction of sp³-hybridized carbons (Fsp3) is 0.381. The number of aryl methyl sites for hydroxylation is 4. The molecule has 0 spiro atoms. The van der Waals surface area contributed by atoms with Crippen LogP contribution in [0.1, 0.15) is 29.1 Å². The summed E-state index contributed by atoms with van der Waals surface area (Å²) in [5.41, 5.74) is 4.62. The zero-order valence-electron chi connectivity index (χ0n) is 15.7. The lowest BCUT2D eigenvalue weighted by Gasteiger charge is -2.27. The molecule has 0 bridgehead atoms. The van der Waals surface area contributed by atoms with Crippen LogP contribution < -0.4 is 0 Å². The summed E-state index contributed by atoms with van der Waals surface area (Å²) >= 11 is 0. The van der Waals surface area contributed by atoms with Gasteiger partial charge in [0.1, 0.15) is 0 Å². The predicted molar refractivity (Wildman–Crippen MR) is 103 cm³/mol. The van der Waals surface area contributed by atoms with Crippen LogP contribution in [0.5, 0.6) is 0 Å². The van der Waals surface area contributed by atoms with Gasteiger partial charge in [-0.15, -0.1) is 0 Å². The molecule has 27 heavy (non-hydrogen) atoms. The Morgan fingerprint density at radius 1 is 1.15 bits per heavy atom. The van der Waals surface area contributed by atoms with E-state index in [1.165, 1.54) is 11.3 Å². The number of fused-ring (bicyclic) bond motifs is 1. The van der Waals surface area contributed by atoms with E-state index < -0.39 is 0 Å². The van der Waals surface area contributed by atoms with Gasteiger partial charge in [0, 0.05) is 51.3 Å². The third kappa shape index (κ3) is 4.10. The third-order valence-electron chi connectivity index (χ3n) is 5.19. The molecule has 0 saturated heterocycles. The zero-order chi connectivity index (χ0) is 18.6. The monoisotopic (exact) mass is 363 g/mol. The van der Waals surface area contributed by atoms with Gasteiger partial charge in [0.05, 0.1) is 24.3 Å². The van der Waals surface area contributed by atoms with Gasteiger partial charge in [0.25, 0.3) is 0 Å². The van der Waals surface area contributed by atoms with Gasteiger partial charge in [-0.1, -0.05) is 30.3 Å². The van der Waals surface area contributed by atoms with Crippen molar-refractivity contribution in [3.63, 3.8) is 0 Å². The van der Waals surface area contributed by atoms with Gasteiger partial charge in [0.15, 0.2) is 0 Å². The van der Waals surface area contributed by atoms with Crippen LogP contribution in [0.3, 0.4) is 0 Å². The molecule has 0 aliphatic carbocycles. The Balaban J connectivity index is 1.33. The molecule has 1 aliphatic heterocycles. The van der Waals surface area contributed by atoms with Crippen LogP contribution in [0.2, 0.25) is 0 Å². The maximum absolute atomic E-state index is 12.6. The summed E-state index contributed by atoms with van der Waals surface area (Å²) in [4.78, 5) is 19.1. The maximum atomic E-state index is 12.6. The lowest BCUT2D eigenvalue weighted by molar-refractivity contribution is -0.132. The number of rotatable bonds is 6. The highest BCUT2D eigenvalue weighted by atomic mass is 16.2. The van der Waals surface area contributed by atoms with E-state index in [2.05, 4.69) is 38.9 Å². The minimum Gasteiger partial charge on any atom is -0.336 e. The molecule has 0 atom stereocenters. The Morgan fingerprint density at radius 3 is 2.78 bits per heavy atom. The highest BCUT2D eigenvalue weighted by molar-refractivity contribution is 5.76. The number of aromatic nitrogens is 4. The third-order valence-corrected chi connectivity index (χ3v) is 5.19. The predicted octanol–water partition coefficient (Wildman–Crippen LogP) is 2.38. The first-order valence-electron chi connectivity index (χ1n) is 9.52. The molecule has 0 N–H and O–H groups in total. The molecule has 1 amide bonds. The molecule has 3 aromatic rings. The number of hydrogen-bond donors (Lipinski definition) is 0. The van der Waals surface area contributed by atoms with E-state index in [4.69, 9.17) is 0 Å². The van der Waals surface area contributed by atoms with Gasteiger partial charge in [-0.3, -0.25) is 9.48 Å². The Labute approximate surface area is 159 Å². The van der Waals surface area contributed by atoms with E-state index in [1.807, 2.05) is 36.6 Å². The van der Waals surface area contributed by atoms with E-state index >= 15 is 0 Å². The van der Waals surface area contributed by atoms with Crippen LogP contribution in [0.15, 0.2) is 48.9 Å². The molecule has 2 aromatic heterocycles. The molecule has 6 nitrogen and oxygen atoms in total. The molecule has 0 radical (unpaired) electrons. The van der Waals surface area contributed by atoms with Gasteiger partial charge in [-0.05, 0) is 18.1 Å². The van der Waals surface area contributed by atoms with Crippen LogP contribution in [0.25, 0.3) is 0 Å². The van der Waals surface area contributed by atoms with Crippen molar-refractivity contribution in [3.8, 4) is 0 Å². The van der Waals surface area contributed by atoms with E-state index in [9.17, 15) is 4.79 Å². The summed E-state index contributed by atoms with van der Waals surface area (Å²) in [6.45, 7) is 2.32. The minimum atomic E-state index is 0.185. The number of nitrogens with zero attached hydrogens (tertiary/aromatic N) is 5. The molecule has 140 valence electrons. The zero-order valence-corrected chi connectivity index (χ0v) is 15.7. The Hall–Kier alpha value is -2.89. The molecule has 1 aromatic carbocycles. The molecule has 0 saturated carbocycles. The van der Waals surface area contributed by atoms with E-state index in [-0.39, 0.29) is 5.91 Å². The first-order valence-corrected chi connectivity index (χ1v) is 9.52. The molecular weight excluding hydrogens is 338 g/mol. The van der Waals surface area contributed by atoms with Crippen molar-refractivity contribution in [1.29, 1.82) is 0 Å². The minimum absolute atomic E-state index is 0.185. The van der Waals surface area contributed by atoms with Crippen molar-refractivity contribution in [2.45, 2.75) is 38.8 Å². The molecule has 6 heteroatoms. The summed E-state index contributed by atoms with van der Waals surface area (Å²) < 4.78 is 4.02. The number of amides is 1. The first kappa shape index (κ1) is 17.5. The smallest absolute Gasteiger partial charge is 0.223 e. The average molecular weight is 363 g/mol. The molecule has 4 rings (SSSR count). The summed E-state index contributed by atoms with van der Waals surface area (Å²) in [6, 6.07) is 12.5. The highest BCUT2D eigenvalue weighted by Gasteiger charge is 2.24. The number of imidazole rings is 1. The second-order valence-corrected chi connectivity index (χ2v) is 7.11. The number of carbonyl (C=O) groups excluding carboxylic acids is 1. The van der Waals surface area contributed by atoms with Crippen molar-refractivity contribution in [2.75, 3.05) is 6.54 Å². The SMILES string of the molecule is Cn1ccc(CCC(=O)N2CCc3c(ncn3CCc3ccccc3)C2)n1. The maximum Gasteiger partial charge on any atom is 0.223 e. The van der Waals surface area contributed by atoms with E-state index in [1.54, 1.807) is 4.68 Å². The first-order chi connectivity index (χ1) is 13.2. The van der Waals surface area contributed by atoms with Gasteiger partial charge < -0.3 is 9.47 Å². The topological polar surface area (TPSA) is 56.0 Å². The normalized spacial score (nSPS) is 13.6. The standard InChI is InChI=1S/C21H25N5O/c1-24-12-10-18(23-24)7-8-21(27)25-14-11-20-19(15-25)22-16-26(20)13-9-17-5-3-2-4-6-17/h2-6,10,12,16H,7-9,11,13-15H2,1H3. The largest absolute Gasteiger partial charge is 0.336 e. The van der Waals surface area contributed by atoms with Crippen LogP contribution >= 0.6 is 0 Å². The number of carbonyl (C=O) groups is 1. The van der Waals surface area contributed by atoms with Crippen LogP contribution in [0, 0.1) is 0 Å². The highest BCUT2D eigenvalue weighted by Crippen LogP contribution is 2.19. The fourth-order valence-electron chi connectivity index (χ4n) is 3.66. The fourth-order valence-corrected chi connectivity index (χ4v) is 3.66. The Morgan fingerprint density at radius 2 is 2.00 bits per heavy atom. The second-order valence-electron chi connectivity index (χ2n) is 7.11. The van der Waals surface area contributed by atoms with Crippen molar-refractivity contribution >= 4 is 5.91 Å². The van der Waals surface area contributed by atoms with Crippen LogP contribution in [-0.2, 0) is 44.2 Å². The van der Waals surface area contributed by atoms with Crippen molar-refractivity contribution in [3.05, 3.63) is 71.6 Å². The number of hydrogen-bond acceptors (Lipinski definition) is 3. The Bertz CT molecular complexity index is 912. The van der Waals surface area contributed by atoms with Crippen LogP contribution in [0.4, 0.5) is 0 Å². The Kier molecular flexibility index (Phi) is 5.05. The molecule has 0 fully saturated rings. The molecule has 1 aliphatic rings.